The molecule has 174 valence electrons. The summed E-state index contributed by atoms with van der Waals surface area (Å²) in [6.45, 7) is 10.1. The maximum atomic E-state index is 2.62. The van der Waals surface area contributed by atoms with Crippen LogP contribution < -0.4 is 0 Å². The van der Waals surface area contributed by atoms with Crippen LogP contribution in [0.2, 0.25) is 0 Å². The second kappa shape index (κ2) is 10.3. The first kappa shape index (κ1) is 23.2. The van der Waals surface area contributed by atoms with E-state index in [1.54, 1.807) is 57.8 Å². The molecule has 9 atom stereocenters. The van der Waals surface area contributed by atoms with E-state index in [4.69, 9.17) is 0 Å². The molecule has 4 aliphatic carbocycles. The van der Waals surface area contributed by atoms with Gasteiger partial charge in [0.25, 0.3) is 0 Å². The van der Waals surface area contributed by atoms with E-state index in [-0.39, 0.29) is 0 Å². The SMILES string of the molecule is CCCC(C1CCCCC1CC)C1CCCCCC2C(C(C)CC)C3CCCCC123. The van der Waals surface area contributed by atoms with Gasteiger partial charge in [-0.15, -0.1) is 0 Å². The number of hydrogen-bond acceptors (Lipinski definition) is 0. The zero-order chi connectivity index (χ0) is 21.1. The molecule has 4 fully saturated rings. The lowest BCUT2D eigenvalue weighted by Crippen LogP contribution is -2.65. The number of rotatable bonds is 7. The summed E-state index contributed by atoms with van der Waals surface area (Å²) < 4.78 is 0. The van der Waals surface area contributed by atoms with E-state index in [1.165, 1.54) is 51.4 Å². The molecular weight excluding hydrogens is 360 g/mol. The molecule has 4 saturated carbocycles. The van der Waals surface area contributed by atoms with Crippen LogP contribution >= 0.6 is 0 Å². The summed E-state index contributed by atoms with van der Waals surface area (Å²) >= 11 is 0. The third kappa shape index (κ3) is 3.94. The topological polar surface area (TPSA) is 0 Å². The Morgan fingerprint density at radius 2 is 1.43 bits per heavy atom. The summed E-state index contributed by atoms with van der Waals surface area (Å²) in [5.41, 5.74) is 0.766. The lowest BCUT2D eigenvalue weighted by molar-refractivity contribution is -0.229. The molecule has 0 bridgehead atoms. The zero-order valence-corrected chi connectivity index (χ0v) is 21.1. The van der Waals surface area contributed by atoms with E-state index >= 15 is 0 Å². The van der Waals surface area contributed by atoms with Crippen LogP contribution in [-0.2, 0) is 0 Å². The van der Waals surface area contributed by atoms with E-state index < -0.39 is 0 Å². The maximum Gasteiger partial charge on any atom is -0.0204 e. The van der Waals surface area contributed by atoms with Gasteiger partial charge in [0.15, 0.2) is 0 Å². The minimum atomic E-state index is 0.766. The predicted molar refractivity (Wildman–Crippen MR) is 132 cm³/mol. The van der Waals surface area contributed by atoms with Crippen molar-refractivity contribution in [2.45, 2.75) is 137 Å². The molecule has 0 aliphatic heterocycles. The Morgan fingerprint density at radius 1 is 0.767 bits per heavy atom. The van der Waals surface area contributed by atoms with Crippen molar-refractivity contribution < 1.29 is 0 Å². The molecule has 0 N–H and O–H groups in total. The van der Waals surface area contributed by atoms with Gasteiger partial charge >= 0.3 is 0 Å². The van der Waals surface area contributed by atoms with Crippen molar-refractivity contribution in [2.24, 2.45) is 52.8 Å². The average Bonchev–Trinajstić information content (AvgIpc) is 2.77. The molecule has 0 heterocycles. The highest BCUT2D eigenvalue weighted by Crippen LogP contribution is 2.72. The molecule has 1 spiro atoms. The predicted octanol–water partition coefficient (Wildman–Crippen LogP) is 9.67. The Kier molecular flexibility index (Phi) is 7.95. The standard InChI is InChI=1S/C30H54/c1-5-15-25(24-17-12-11-16-23(24)7-3)26-18-9-8-10-19-27-29(22(4)6-2)28-20-13-14-21-30(26,27)28/h22-29H,5-21H2,1-4H3. The highest BCUT2D eigenvalue weighted by atomic mass is 14.7. The van der Waals surface area contributed by atoms with Crippen LogP contribution in [0.5, 0.6) is 0 Å². The van der Waals surface area contributed by atoms with E-state index in [9.17, 15) is 0 Å². The molecule has 0 aromatic heterocycles. The number of hydrogen-bond donors (Lipinski definition) is 0. The summed E-state index contributed by atoms with van der Waals surface area (Å²) in [5, 5.41) is 0. The minimum Gasteiger partial charge on any atom is -0.0654 e. The molecule has 0 nitrogen and oxygen atoms in total. The summed E-state index contributed by atoms with van der Waals surface area (Å²) in [5.74, 6) is 8.46. The molecule has 4 aliphatic rings. The van der Waals surface area contributed by atoms with Crippen molar-refractivity contribution in [2.75, 3.05) is 0 Å². The van der Waals surface area contributed by atoms with Gasteiger partial charge in [-0.25, -0.2) is 0 Å². The van der Waals surface area contributed by atoms with Crippen molar-refractivity contribution >= 4 is 0 Å². The third-order valence-electron chi connectivity index (χ3n) is 11.4. The van der Waals surface area contributed by atoms with Gasteiger partial charge < -0.3 is 0 Å². The van der Waals surface area contributed by atoms with Crippen LogP contribution in [0, 0.1) is 52.8 Å². The van der Waals surface area contributed by atoms with E-state index in [2.05, 4.69) is 27.7 Å². The van der Waals surface area contributed by atoms with Crippen LogP contribution in [0.4, 0.5) is 0 Å². The van der Waals surface area contributed by atoms with E-state index in [0.717, 1.165) is 52.8 Å². The van der Waals surface area contributed by atoms with Gasteiger partial charge in [-0.3, -0.25) is 0 Å². The van der Waals surface area contributed by atoms with Gasteiger partial charge in [0.05, 0.1) is 0 Å². The zero-order valence-electron chi connectivity index (χ0n) is 21.1. The second-order valence-electron chi connectivity index (χ2n) is 12.3. The quantitative estimate of drug-likeness (QED) is 0.389. The van der Waals surface area contributed by atoms with Gasteiger partial charge in [-0.05, 0) is 84.9 Å². The van der Waals surface area contributed by atoms with Crippen LogP contribution in [0.15, 0.2) is 0 Å². The largest absolute Gasteiger partial charge is 0.0654 e. The smallest absolute Gasteiger partial charge is 0.0204 e. The maximum absolute atomic E-state index is 2.62. The lowest BCUT2D eigenvalue weighted by Gasteiger charge is -2.71. The highest BCUT2D eigenvalue weighted by molar-refractivity contribution is 5.14. The molecule has 4 rings (SSSR count). The van der Waals surface area contributed by atoms with Gasteiger partial charge in [-0.1, -0.05) is 105 Å². The Morgan fingerprint density at radius 3 is 2.13 bits per heavy atom. The van der Waals surface area contributed by atoms with Crippen LogP contribution in [0.3, 0.4) is 0 Å². The van der Waals surface area contributed by atoms with E-state index in [1.807, 2.05) is 0 Å². The Labute approximate surface area is 189 Å². The summed E-state index contributed by atoms with van der Waals surface area (Å²) in [6.07, 6.45) is 26.1. The van der Waals surface area contributed by atoms with Gasteiger partial charge in [0, 0.05) is 0 Å². The fourth-order valence-corrected chi connectivity index (χ4v) is 10.2. The Bertz CT molecular complexity index is 522. The molecule has 0 radical (unpaired) electrons. The molecule has 0 heteroatoms. The van der Waals surface area contributed by atoms with E-state index in [0.29, 0.717) is 0 Å². The Balaban J connectivity index is 1.69. The average molecular weight is 415 g/mol. The Hall–Kier alpha value is 0. The highest BCUT2D eigenvalue weighted by Gasteiger charge is 2.66. The summed E-state index contributed by atoms with van der Waals surface area (Å²) in [4.78, 5) is 0. The minimum absolute atomic E-state index is 0.766. The molecule has 0 amide bonds. The lowest BCUT2D eigenvalue weighted by atomic mass is 9.34. The first-order valence-electron chi connectivity index (χ1n) is 14.7. The molecule has 0 saturated heterocycles. The molecule has 0 aromatic rings. The fraction of sp³-hybridized carbons (Fsp3) is 1.00. The second-order valence-corrected chi connectivity index (χ2v) is 12.3. The van der Waals surface area contributed by atoms with Crippen LogP contribution in [-0.4, -0.2) is 0 Å². The first-order chi connectivity index (χ1) is 14.7. The van der Waals surface area contributed by atoms with Gasteiger partial charge in [0.2, 0.25) is 0 Å². The van der Waals surface area contributed by atoms with Crippen molar-refractivity contribution in [3.8, 4) is 0 Å². The normalized spacial score (nSPS) is 44.0. The summed E-state index contributed by atoms with van der Waals surface area (Å²) in [6, 6.07) is 0. The van der Waals surface area contributed by atoms with Crippen molar-refractivity contribution in [1.29, 1.82) is 0 Å². The molecular formula is C30H54. The van der Waals surface area contributed by atoms with Crippen molar-refractivity contribution in [1.82, 2.24) is 0 Å². The third-order valence-corrected chi connectivity index (χ3v) is 11.4. The van der Waals surface area contributed by atoms with Crippen molar-refractivity contribution in [3.63, 3.8) is 0 Å². The molecule has 0 aromatic carbocycles. The monoisotopic (exact) mass is 414 g/mol. The first-order valence-corrected chi connectivity index (χ1v) is 14.7. The van der Waals surface area contributed by atoms with Crippen molar-refractivity contribution in [3.05, 3.63) is 0 Å². The molecule has 30 heavy (non-hydrogen) atoms. The fourth-order valence-electron chi connectivity index (χ4n) is 10.2. The summed E-state index contributed by atoms with van der Waals surface area (Å²) in [7, 11) is 0. The van der Waals surface area contributed by atoms with Crippen LogP contribution in [0.1, 0.15) is 137 Å². The van der Waals surface area contributed by atoms with Crippen LogP contribution in [0.25, 0.3) is 0 Å². The van der Waals surface area contributed by atoms with Gasteiger partial charge in [-0.2, -0.15) is 0 Å². The van der Waals surface area contributed by atoms with Gasteiger partial charge in [0.1, 0.15) is 0 Å². The molecule has 9 unspecified atom stereocenters.